The standard InChI is InChI=1S/C15H24N2OS/c1-3-5-10-17(4-2)11-12-18-14-9-7-6-8-13(14)15(16)19/h6-9H,3-5,10-12H2,1-2H3,(H2,16,19). The summed E-state index contributed by atoms with van der Waals surface area (Å²) in [5.41, 5.74) is 6.49. The van der Waals surface area contributed by atoms with E-state index in [4.69, 9.17) is 22.7 Å². The van der Waals surface area contributed by atoms with E-state index in [0.29, 0.717) is 11.6 Å². The van der Waals surface area contributed by atoms with Crippen molar-refractivity contribution in [2.75, 3.05) is 26.2 Å². The molecule has 0 bridgehead atoms. The third-order valence-electron chi connectivity index (χ3n) is 3.09. The van der Waals surface area contributed by atoms with Gasteiger partial charge in [0.1, 0.15) is 17.3 Å². The Bertz CT molecular complexity index is 395. The van der Waals surface area contributed by atoms with E-state index < -0.39 is 0 Å². The second-order valence-electron chi connectivity index (χ2n) is 4.50. The lowest BCUT2D eigenvalue weighted by Crippen LogP contribution is -2.29. The molecule has 0 aliphatic carbocycles. The molecule has 0 amide bonds. The lowest BCUT2D eigenvalue weighted by molar-refractivity contribution is 0.213. The highest BCUT2D eigenvalue weighted by molar-refractivity contribution is 7.80. The minimum Gasteiger partial charge on any atom is -0.492 e. The quantitative estimate of drug-likeness (QED) is 0.706. The molecule has 1 aromatic carbocycles. The van der Waals surface area contributed by atoms with E-state index in [1.54, 1.807) is 0 Å². The Labute approximate surface area is 121 Å². The molecule has 0 unspecified atom stereocenters. The van der Waals surface area contributed by atoms with E-state index in [2.05, 4.69) is 18.7 Å². The van der Waals surface area contributed by atoms with Gasteiger partial charge in [0.15, 0.2) is 0 Å². The summed E-state index contributed by atoms with van der Waals surface area (Å²) in [6.07, 6.45) is 2.46. The van der Waals surface area contributed by atoms with E-state index in [0.717, 1.165) is 30.9 Å². The molecule has 1 rings (SSSR count). The van der Waals surface area contributed by atoms with Crippen LogP contribution in [0.5, 0.6) is 5.75 Å². The molecule has 0 heterocycles. The van der Waals surface area contributed by atoms with Crippen LogP contribution in [0.15, 0.2) is 24.3 Å². The monoisotopic (exact) mass is 280 g/mol. The average molecular weight is 280 g/mol. The second-order valence-corrected chi connectivity index (χ2v) is 4.94. The zero-order valence-electron chi connectivity index (χ0n) is 11.9. The summed E-state index contributed by atoms with van der Waals surface area (Å²) < 4.78 is 5.80. The van der Waals surface area contributed by atoms with Crippen molar-refractivity contribution in [1.82, 2.24) is 4.90 Å². The summed E-state index contributed by atoms with van der Waals surface area (Å²) in [4.78, 5) is 2.78. The van der Waals surface area contributed by atoms with Crippen LogP contribution in [0, 0.1) is 0 Å². The number of nitrogens with zero attached hydrogens (tertiary/aromatic N) is 1. The largest absolute Gasteiger partial charge is 0.492 e. The molecule has 2 N–H and O–H groups in total. The van der Waals surface area contributed by atoms with Gasteiger partial charge >= 0.3 is 0 Å². The fraction of sp³-hybridized carbons (Fsp3) is 0.533. The zero-order chi connectivity index (χ0) is 14.1. The van der Waals surface area contributed by atoms with Gasteiger partial charge in [0.25, 0.3) is 0 Å². The molecular formula is C15H24N2OS. The molecule has 0 saturated heterocycles. The van der Waals surface area contributed by atoms with Crippen LogP contribution in [0.3, 0.4) is 0 Å². The minimum absolute atomic E-state index is 0.383. The number of likely N-dealkylation sites (N-methyl/N-ethyl adjacent to an activating group) is 1. The Morgan fingerprint density at radius 3 is 2.63 bits per heavy atom. The predicted octanol–water partition coefficient (Wildman–Crippen LogP) is 2.82. The SMILES string of the molecule is CCCCN(CC)CCOc1ccccc1C(N)=S. The first kappa shape index (κ1) is 15.9. The van der Waals surface area contributed by atoms with Crippen molar-refractivity contribution in [1.29, 1.82) is 0 Å². The van der Waals surface area contributed by atoms with Gasteiger partial charge in [-0.05, 0) is 31.6 Å². The number of nitrogens with two attached hydrogens (primary N) is 1. The van der Waals surface area contributed by atoms with Crippen LogP contribution < -0.4 is 10.5 Å². The molecule has 4 heteroatoms. The Morgan fingerprint density at radius 1 is 1.26 bits per heavy atom. The summed E-state index contributed by atoms with van der Waals surface area (Å²) in [5.74, 6) is 0.779. The highest BCUT2D eigenvalue weighted by Gasteiger charge is 2.06. The number of hydrogen-bond donors (Lipinski definition) is 1. The van der Waals surface area contributed by atoms with Crippen LogP contribution in [0.25, 0.3) is 0 Å². The van der Waals surface area contributed by atoms with Crippen molar-refractivity contribution in [2.24, 2.45) is 5.73 Å². The maximum atomic E-state index is 5.80. The number of thiocarbonyl (C=S) groups is 1. The highest BCUT2D eigenvalue weighted by atomic mass is 32.1. The van der Waals surface area contributed by atoms with Crippen molar-refractivity contribution in [3.05, 3.63) is 29.8 Å². The number of hydrogen-bond acceptors (Lipinski definition) is 3. The number of para-hydroxylation sites is 1. The van der Waals surface area contributed by atoms with Gasteiger partial charge in [0, 0.05) is 6.54 Å². The van der Waals surface area contributed by atoms with Gasteiger partial charge in [0.05, 0.1) is 5.56 Å². The molecule has 3 nitrogen and oxygen atoms in total. The summed E-state index contributed by atoms with van der Waals surface area (Å²) in [6.45, 7) is 8.17. The van der Waals surface area contributed by atoms with Crippen molar-refractivity contribution in [3.63, 3.8) is 0 Å². The lowest BCUT2D eigenvalue weighted by atomic mass is 10.2. The molecule has 0 fully saturated rings. The highest BCUT2D eigenvalue weighted by Crippen LogP contribution is 2.17. The van der Waals surface area contributed by atoms with Crippen LogP contribution in [-0.4, -0.2) is 36.1 Å². The smallest absolute Gasteiger partial charge is 0.129 e. The topological polar surface area (TPSA) is 38.5 Å². The molecule has 0 saturated carbocycles. The summed E-state index contributed by atoms with van der Waals surface area (Å²) in [5, 5.41) is 0. The predicted molar refractivity (Wildman–Crippen MR) is 84.8 cm³/mol. The van der Waals surface area contributed by atoms with E-state index in [1.807, 2.05) is 24.3 Å². The van der Waals surface area contributed by atoms with Crippen LogP contribution >= 0.6 is 12.2 Å². The normalized spacial score (nSPS) is 10.7. The second kappa shape index (κ2) is 8.88. The van der Waals surface area contributed by atoms with E-state index >= 15 is 0 Å². The molecule has 0 spiro atoms. The molecule has 1 aromatic rings. The third kappa shape index (κ3) is 5.57. The fourth-order valence-corrected chi connectivity index (χ4v) is 2.06. The van der Waals surface area contributed by atoms with Gasteiger partial charge in [0.2, 0.25) is 0 Å². The summed E-state index contributed by atoms with van der Waals surface area (Å²) in [7, 11) is 0. The van der Waals surface area contributed by atoms with Crippen molar-refractivity contribution in [2.45, 2.75) is 26.7 Å². The molecule has 19 heavy (non-hydrogen) atoms. The first-order valence-corrected chi connectivity index (χ1v) is 7.33. The fourth-order valence-electron chi connectivity index (χ4n) is 1.89. The average Bonchev–Trinajstić information content (AvgIpc) is 2.43. The molecule has 0 aliphatic heterocycles. The Morgan fingerprint density at radius 2 is 2.00 bits per heavy atom. The number of unbranched alkanes of at least 4 members (excludes halogenated alkanes) is 1. The molecule has 0 atom stereocenters. The molecule has 106 valence electrons. The van der Waals surface area contributed by atoms with E-state index in [9.17, 15) is 0 Å². The van der Waals surface area contributed by atoms with Gasteiger partial charge in [-0.3, -0.25) is 0 Å². The number of ether oxygens (including phenoxy) is 1. The van der Waals surface area contributed by atoms with E-state index in [1.165, 1.54) is 12.8 Å². The number of rotatable bonds is 9. The summed E-state index contributed by atoms with van der Waals surface area (Å²) in [6, 6.07) is 7.66. The van der Waals surface area contributed by atoms with Gasteiger partial charge in [-0.15, -0.1) is 0 Å². The van der Waals surface area contributed by atoms with Crippen molar-refractivity contribution >= 4 is 17.2 Å². The maximum absolute atomic E-state index is 5.80. The summed E-state index contributed by atoms with van der Waals surface area (Å²) >= 11 is 5.02. The first-order valence-electron chi connectivity index (χ1n) is 6.93. The molecule has 0 aliphatic rings. The van der Waals surface area contributed by atoms with Gasteiger partial charge in [-0.25, -0.2) is 0 Å². The van der Waals surface area contributed by atoms with Gasteiger partial charge in [-0.2, -0.15) is 0 Å². The number of benzene rings is 1. The Balaban J connectivity index is 2.46. The van der Waals surface area contributed by atoms with E-state index in [-0.39, 0.29) is 0 Å². The Kier molecular flexibility index (Phi) is 7.45. The van der Waals surface area contributed by atoms with Crippen LogP contribution in [0.2, 0.25) is 0 Å². The van der Waals surface area contributed by atoms with Crippen molar-refractivity contribution in [3.8, 4) is 5.75 Å². The van der Waals surface area contributed by atoms with Crippen LogP contribution in [0.4, 0.5) is 0 Å². The molecule has 0 radical (unpaired) electrons. The van der Waals surface area contributed by atoms with Gasteiger partial charge < -0.3 is 15.4 Å². The minimum atomic E-state index is 0.383. The lowest BCUT2D eigenvalue weighted by Gasteiger charge is -2.20. The van der Waals surface area contributed by atoms with Gasteiger partial charge in [-0.1, -0.05) is 44.6 Å². The first-order chi connectivity index (χ1) is 9.19. The van der Waals surface area contributed by atoms with Crippen molar-refractivity contribution < 1.29 is 4.74 Å². The van der Waals surface area contributed by atoms with Crippen LogP contribution in [0.1, 0.15) is 32.3 Å². The molecular weight excluding hydrogens is 256 g/mol. The maximum Gasteiger partial charge on any atom is 0.129 e. The van der Waals surface area contributed by atoms with Crippen LogP contribution in [-0.2, 0) is 0 Å². The third-order valence-corrected chi connectivity index (χ3v) is 3.31. The Hall–Kier alpha value is -1.13. The zero-order valence-corrected chi connectivity index (χ0v) is 12.7. The molecule has 0 aromatic heterocycles.